The number of nitro benzene ring substituents is 1. The Kier molecular flexibility index (Phi) is 6.05. The first kappa shape index (κ1) is 17.8. The minimum Gasteiger partial charge on any atom is -0.304 e. The second-order valence-electron chi connectivity index (χ2n) is 5.65. The number of piperazine rings is 1. The number of benzene rings is 1. The molecule has 0 bridgehead atoms. The predicted molar refractivity (Wildman–Crippen MR) is 86.8 cm³/mol. The molecule has 0 spiro atoms. The lowest BCUT2D eigenvalue weighted by Gasteiger charge is -2.32. The fourth-order valence-corrected chi connectivity index (χ4v) is 3.49. The van der Waals surface area contributed by atoms with Gasteiger partial charge in [-0.15, -0.1) is 0 Å². The molecule has 0 unspecified atom stereocenters. The zero-order valence-electron chi connectivity index (χ0n) is 13.1. The van der Waals surface area contributed by atoms with Crippen LogP contribution in [0.5, 0.6) is 0 Å². The summed E-state index contributed by atoms with van der Waals surface area (Å²) in [7, 11) is -1.52. The highest BCUT2D eigenvalue weighted by atomic mass is 32.2. The van der Waals surface area contributed by atoms with Gasteiger partial charge in [-0.05, 0) is 32.1 Å². The predicted octanol–water partition coefficient (Wildman–Crippen LogP) is 0.511. The monoisotopic (exact) mass is 342 g/mol. The van der Waals surface area contributed by atoms with Gasteiger partial charge in [-0.25, -0.2) is 13.1 Å². The Balaban J connectivity index is 1.78. The van der Waals surface area contributed by atoms with Crippen molar-refractivity contribution < 1.29 is 13.3 Å². The van der Waals surface area contributed by atoms with Crippen LogP contribution in [-0.2, 0) is 10.0 Å². The minimum atomic E-state index is -3.61. The topological polar surface area (TPSA) is 95.8 Å². The average Bonchev–Trinajstić information content (AvgIpc) is 2.53. The molecule has 1 N–H and O–H groups in total. The Morgan fingerprint density at radius 2 is 1.78 bits per heavy atom. The van der Waals surface area contributed by atoms with Crippen molar-refractivity contribution in [3.05, 3.63) is 34.4 Å². The lowest BCUT2D eigenvalue weighted by Crippen LogP contribution is -2.45. The molecule has 0 amide bonds. The Bertz CT molecular complexity index is 625. The summed E-state index contributed by atoms with van der Waals surface area (Å²) < 4.78 is 26.7. The summed E-state index contributed by atoms with van der Waals surface area (Å²) in [5.41, 5.74) is -0.126. The van der Waals surface area contributed by atoms with Gasteiger partial charge >= 0.3 is 0 Å². The van der Waals surface area contributed by atoms with Gasteiger partial charge in [-0.1, -0.05) is 0 Å². The van der Waals surface area contributed by atoms with Gasteiger partial charge in [0.25, 0.3) is 5.69 Å². The van der Waals surface area contributed by atoms with Gasteiger partial charge in [0.1, 0.15) is 0 Å². The zero-order valence-corrected chi connectivity index (χ0v) is 14.0. The third-order valence-corrected chi connectivity index (χ3v) is 5.37. The highest BCUT2D eigenvalue weighted by molar-refractivity contribution is 7.89. The summed E-state index contributed by atoms with van der Waals surface area (Å²) in [6.45, 7) is 5.29. The van der Waals surface area contributed by atoms with Gasteiger partial charge in [0, 0.05) is 44.9 Å². The number of hydrogen-bond donors (Lipinski definition) is 1. The number of hydrogen-bond acceptors (Lipinski definition) is 6. The van der Waals surface area contributed by atoms with Crippen molar-refractivity contribution in [1.82, 2.24) is 14.5 Å². The Morgan fingerprint density at radius 3 is 2.35 bits per heavy atom. The van der Waals surface area contributed by atoms with Crippen LogP contribution in [0.3, 0.4) is 0 Å². The molecule has 1 aromatic rings. The van der Waals surface area contributed by atoms with Crippen LogP contribution in [0.1, 0.15) is 6.42 Å². The van der Waals surface area contributed by atoms with E-state index in [1.54, 1.807) is 0 Å². The fraction of sp³-hybridized carbons (Fsp3) is 0.571. The fourth-order valence-electron chi connectivity index (χ4n) is 2.41. The van der Waals surface area contributed by atoms with Crippen LogP contribution in [0, 0.1) is 10.1 Å². The smallest absolute Gasteiger partial charge is 0.269 e. The molecule has 0 radical (unpaired) electrons. The number of nitro groups is 1. The maximum atomic E-state index is 12.1. The van der Waals surface area contributed by atoms with Gasteiger partial charge < -0.3 is 9.80 Å². The lowest BCUT2D eigenvalue weighted by atomic mass is 10.3. The third kappa shape index (κ3) is 5.24. The lowest BCUT2D eigenvalue weighted by molar-refractivity contribution is -0.384. The van der Waals surface area contributed by atoms with Crippen LogP contribution >= 0.6 is 0 Å². The minimum absolute atomic E-state index is 0.0442. The Labute approximate surface area is 136 Å². The van der Waals surface area contributed by atoms with Crippen LogP contribution in [-0.4, -0.2) is 69.5 Å². The Hall–Kier alpha value is -1.55. The normalized spacial score (nSPS) is 17.3. The van der Waals surface area contributed by atoms with Gasteiger partial charge in [0.2, 0.25) is 10.0 Å². The molecular weight excluding hydrogens is 320 g/mol. The number of nitrogens with zero attached hydrogens (tertiary/aromatic N) is 3. The van der Waals surface area contributed by atoms with E-state index in [2.05, 4.69) is 21.6 Å². The summed E-state index contributed by atoms with van der Waals surface area (Å²) in [6.07, 6.45) is 0.732. The van der Waals surface area contributed by atoms with Crippen LogP contribution < -0.4 is 4.72 Å². The van der Waals surface area contributed by atoms with E-state index in [1.165, 1.54) is 24.3 Å². The molecule has 23 heavy (non-hydrogen) atoms. The van der Waals surface area contributed by atoms with E-state index in [1.807, 2.05) is 0 Å². The largest absolute Gasteiger partial charge is 0.304 e. The van der Waals surface area contributed by atoms with Gasteiger partial charge in [-0.2, -0.15) is 0 Å². The summed E-state index contributed by atoms with van der Waals surface area (Å²) in [5, 5.41) is 10.6. The molecule has 8 nitrogen and oxygen atoms in total. The highest BCUT2D eigenvalue weighted by Crippen LogP contribution is 2.15. The second-order valence-corrected chi connectivity index (χ2v) is 7.41. The quantitative estimate of drug-likeness (QED) is 0.441. The molecule has 0 atom stereocenters. The highest BCUT2D eigenvalue weighted by Gasteiger charge is 2.16. The molecule has 9 heteroatoms. The van der Waals surface area contributed by atoms with Crippen molar-refractivity contribution in [3.63, 3.8) is 0 Å². The number of non-ortho nitro benzene ring substituents is 1. The molecule has 1 heterocycles. The molecule has 0 aromatic heterocycles. The zero-order chi connectivity index (χ0) is 16.9. The average molecular weight is 342 g/mol. The van der Waals surface area contributed by atoms with Gasteiger partial charge in [0.15, 0.2) is 0 Å². The van der Waals surface area contributed by atoms with E-state index >= 15 is 0 Å². The summed E-state index contributed by atoms with van der Waals surface area (Å²) in [5.74, 6) is 0. The molecule has 1 aromatic carbocycles. The van der Waals surface area contributed by atoms with E-state index in [9.17, 15) is 18.5 Å². The SMILES string of the molecule is CN1CCN(CCCNS(=O)(=O)c2ccc([N+](=O)[O-])cc2)CC1. The first-order chi connectivity index (χ1) is 10.9. The van der Waals surface area contributed by atoms with Gasteiger partial charge in [-0.3, -0.25) is 10.1 Å². The number of rotatable bonds is 7. The Morgan fingerprint density at radius 1 is 1.17 bits per heavy atom. The molecule has 2 rings (SSSR count). The summed E-state index contributed by atoms with van der Waals surface area (Å²) in [4.78, 5) is 14.7. The van der Waals surface area contributed by atoms with Crippen LogP contribution in [0.15, 0.2) is 29.2 Å². The van der Waals surface area contributed by atoms with E-state index in [0.29, 0.717) is 6.54 Å². The molecular formula is C14H22N4O4S. The van der Waals surface area contributed by atoms with Crippen molar-refractivity contribution in [2.75, 3.05) is 46.3 Å². The van der Waals surface area contributed by atoms with Gasteiger partial charge in [0.05, 0.1) is 9.82 Å². The van der Waals surface area contributed by atoms with Crippen molar-refractivity contribution in [3.8, 4) is 0 Å². The summed E-state index contributed by atoms with van der Waals surface area (Å²) in [6, 6.07) is 4.89. The van der Waals surface area contributed by atoms with E-state index < -0.39 is 14.9 Å². The van der Waals surface area contributed by atoms with Crippen molar-refractivity contribution in [2.45, 2.75) is 11.3 Å². The van der Waals surface area contributed by atoms with E-state index in [0.717, 1.165) is 39.1 Å². The maximum Gasteiger partial charge on any atom is 0.269 e. The first-order valence-corrected chi connectivity index (χ1v) is 9.02. The molecule has 0 aliphatic carbocycles. The molecule has 1 fully saturated rings. The number of likely N-dealkylation sites (N-methyl/N-ethyl adjacent to an activating group) is 1. The third-order valence-electron chi connectivity index (χ3n) is 3.90. The molecule has 128 valence electrons. The standard InChI is InChI=1S/C14H22N4O4S/c1-16-9-11-17(12-10-16)8-2-7-15-23(21,22)14-5-3-13(4-6-14)18(19)20/h3-6,15H,2,7-12H2,1H3. The number of nitrogens with one attached hydrogen (secondary N) is 1. The maximum absolute atomic E-state index is 12.1. The van der Waals surface area contributed by atoms with Crippen molar-refractivity contribution >= 4 is 15.7 Å². The molecule has 1 aliphatic rings. The van der Waals surface area contributed by atoms with E-state index in [4.69, 9.17) is 0 Å². The molecule has 1 aliphatic heterocycles. The first-order valence-electron chi connectivity index (χ1n) is 7.53. The van der Waals surface area contributed by atoms with Crippen LogP contribution in [0.2, 0.25) is 0 Å². The number of sulfonamides is 1. The van der Waals surface area contributed by atoms with Crippen molar-refractivity contribution in [2.24, 2.45) is 0 Å². The summed E-state index contributed by atoms with van der Waals surface area (Å²) >= 11 is 0. The van der Waals surface area contributed by atoms with Crippen LogP contribution in [0.4, 0.5) is 5.69 Å². The molecule has 0 saturated carbocycles. The van der Waals surface area contributed by atoms with Crippen molar-refractivity contribution in [1.29, 1.82) is 0 Å². The van der Waals surface area contributed by atoms with Crippen LogP contribution in [0.25, 0.3) is 0 Å². The molecule has 1 saturated heterocycles. The van der Waals surface area contributed by atoms with E-state index in [-0.39, 0.29) is 10.6 Å². The second kappa shape index (κ2) is 7.82.